The Morgan fingerprint density at radius 1 is 1.10 bits per heavy atom. The zero-order chi connectivity index (χ0) is 22.2. The number of benzene rings is 2. The van der Waals surface area contributed by atoms with Gasteiger partial charge in [-0.2, -0.15) is 5.10 Å². The van der Waals surface area contributed by atoms with Gasteiger partial charge in [-0.1, -0.05) is 73.1 Å². The lowest BCUT2D eigenvalue weighted by Gasteiger charge is -2.27. The SMILES string of the molecule is COCCCN1C(=O)c2[nH]nc(-c3ccc(Br)cc3)c2C1c1ccc(C(C)(C)C)cc1. The fraction of sp³-hybridized carbons (Fsp3) is 0.360. The summed E-state index contributed by atoms with van der Waals surface area (Å²) in [4.78, 5) is 15.2. The average molecular weight is 482 g/mol. The maximum Gasteiger partial charge on any atom is 0.273 e. The lowest BCUT2D eigenvalue weighted by molar-refractivity contribution is 0.0723. The molecule has 31 heavy (non-hydrogen) atoms. The summed E-state index contributed by atoms with van der Waals surface area (Å²) in [7, 11) is 1.69. The second-order valence-corrected chi connectivity index (χ2v) is 9.90. The summed E-state index contributed by atoms with van der Waals surface area (Å²) in [5.41, 5.74) is 5.79. The van der Waals surface area contributed by atoms with Crippen molar-refractivity contribution in [2.24, 2.45) is 0 Å². The lowest BCUT2D eigenvalue weighted by atomic mass is 9.85. The predicted octanol–water partition coefficient (Wildman–Crippen LogP) is 5.72. The molecule has 1 aromatic heterocycles. The Morgan fingerprint density at radius 3 is 2.39 bits per heavy atom. The number of hydrogen-bond donors (Lipinski definition) is 1. The predicted molar refractivity (Wildman–Crippen MR) is 126 cm³/mol. The number of methoxy groups -OCH3 is 1. The molecule has 4 rings (SSSR count). The molecule has 0 fully saturated rings. The zero-order valence-corrected chi connectivity index (χ0v) is 20.0. The Morgan fingerprint density at radius 2 is 1.77 bits per heavy atom. The van der Waals surface area contributed by atoms with Crippen LogP contribution < -0.4 is 0 Å². The molecule has 1 unspecified atom stereocenters. The van der Waals surface area contributed by atoms with Gasteiger partial charge in [0.1, 0.15) is 5.69 Å². The highest BCUT2D eigenvalue weighted by molar-refractivity contribution is 9.10. The topological polar surface area (TPSA) is 58.2 Å². The number of H-pyrrole nitrogens is 1. The van der Waals surface area contributed by atoms with Gasteiger partial charge in [0.2, 0.25) is 0 Å². The van der Waals surface area contributed by atoms with Crippen molar-refractivity contribution in [2.45, 2.75) is 38.6 Å². The van der Waals surface area contributed by atoms with Crippen molar-refractivity contribution in [1.29, 1.82) is 0 Å². The van der Waals surface area contributed by atoms with Crippen molar-refractivity contribution in [3.8, 4) is 11.3 Å². The summed E-state index contributed by atoms with van der Waals surface area (Å²) in [6, 6.07) is 16.5. The van der Waals surface area contributed by atoms with Gasteiger partial charge in [0, 0.05) is 35.9 Å². The molecule has 1 atom stereocenters. The fourth-order valence-electron chi connectivity index (χ4n) is 4.15. The highest BCUT2D eigenvalue weighted by Crippen LogP contribution is 2.43. The second kappa shape index (κ2) is 8.60. The van der Waals surface area contributed by atoms with E-state index >= 15 is 0 Å². The Bertz CT molecular complexity index is 1070. The van der Waals surface area contributed by atoms with Crippen molar-refractivity contribution in [1.82, 2.24) is 15.1 Å². The average Bonchev–Trinajstić information content (AvgIpc) is 3.28. The molecule has 1 aliphatic heterocycles. The number of carbonyl (C=O) groups excluding carboxylic acids is 1. The van der Waals surface area contributed by atoms with E-state index in [-0.39, 0.29) is 17.4 Å². The Balaban J connectivity index is 1.79. The van der Waals surface area contributed by atoms with Gasteiger partial charge < -0.3 is 9.64 Å². The summed E-state index contributed by atoms with van der Waals surface area (Å²) in [6.45, 7) is 7.86. The van der Waals surface area contributed by atoms with E-state index in [9.17, 15) is 4.79 Å². The van der Waals surface area contributed by atoms with Crippen LogP contribution in [0.3, 0.4) is 0 Å². The van der Waals surface area contributed by atoms with E-state index in [0.717, 1.165) is 33.3 Å². The van der Waals surface area contributed by atoms with E-state index in [2.05, 4.69) is 71.2 Å². The number of fused-ring (bicyclic) bond motifs is 1. The van der Waals surface area contributed by atoms with Gasteiger partial charge in [-0.3, -0.25) is 9.89 Å². The van der Waals surface area contributed by atoms with Crippen molar-refractivity contribution >= 4 is 21.8 Å². The third-order valence-electron chi connectivity index (χ3n) is 5.82. The van der Waals surface area contributed by atoms with Crippen LogP contribution in [0.5, 0.6) is 0 Å². The monoisotopic (exact) mass is 481 g/mol. The Hall–Kier alpha value is -2.44. The number of aromatic amines is 1. The number of amides is 1. The molecule has 5 nitrogen and oxygen atoms in total. The van der Waals surface area contributed by atoms with E-state index in [0.29, 0.717) is 18.8 Å². The molecular formula is C25H28BrN3O2. The van der Waals surface area contributed by atoms with Crippen LogP contribution in [0.4, 0.5) is 0 Å². The van der Waals surface area contributed by atoms with Gasteiger partial charge in [-0.25, -0.2) is 0 Å². The van der Waals surface area contributed by atoms with Gasteiger partial charge in [-0.15, -0.1) is 0 Å². The molecule has 0 saturated carbocycles. The number of rotatable bonds is 6. The minimum absolute atomic E-state index is 0.00753. The highest BCUT2D eigenvalue weighted by Gasteiger charge is 2.41. The molecule has 1 N–H and O–H groups in total. The number of nitrogens with one attached hydrogen (secondary N) is 1. The standard InChI is InChI=1S/C25H28BrN3O2/c1-25(2,3)18-10-6-17(7-11-18)23-20-21(16-8-12-19(26)13-9-16)27-28-22(20)24(30)29(23)14-5-15-31-4/h6-13,23H,5,14-15H2,1-4H3,(H,27,28). The largest absolute Gasteiger partial charge is 0.385 e. The molecule has 0 spiro atoms. The maximum atomic E-state index is 13.3. The minimum Gasteiger partial charge on any atom is -0.385 e. The van der Waals surface area contributed by atoms with Crippen LogP contribution in [0, 0.1) is 0 Å². The number of halogens is 1. The molecule has 0 radical (unpaired) electrons. The van der Waals surface area contributed by atoms with Gasteiger partial charge in [0.15, 0.2) is 0 Å². The molecule has 2 heterocycles. The third-order valence-corrected chi connectivity index (χ3v) is 6.35. The smallest absolute Gasteiger partial charge is 0.273 e. The van der Waals surface area contributed by atoms with Crippen molar-refractivity contribution in [2.75, 3.05) is 20.3 Å². The quantitative estimate of drug-likeness (QED) is 0.458. The molecule has 1 amide bonds. The van der Waals surface area contributed by atoms with Gasteiger partial charge in [0.25, 0.3) is 5.91 Å². The highest BCUT2D eigenvalue weighted by atomic mass is 79.9. The van der Waals surface area contributed by atoms with Crippen LogP contribution in [-0.4, -0.2) is 41.3 Å². The van der Waals surface area contributed by atoms with E-state index in [1.807, 2.05) is 29.2 Å². The fourth-order valence-corrected chi connectivity index (χ4v) is 4.41. The van der Waals surface area contributed by atoms with Crippen LogP contribution in [0.25, 0.3) is 11.3 Å². The summed E-state index contributed by atoms with van der Waals surface area (Å²) in [6.07, 6.45) is 0.782. The molecule has 6 heteroatoms. The molecule has 0 aliphatic carbocycles. The van der Waals surface area contributed by atoms with Gasteiger partial charge in [-0.05, 0) is 35.1 Å². The minimum atomic E-state index is -0.175. The molecule has 162 valence electrons. The van der Waals surface area contributed by atoms with Crippen LogP contribution in [-0.2, 0) is 10.2 Å². The first-order chi connectivity index (χ1) is 14.8. The van der Waals surface area contributed by atoms with E-state index < -0.39 is 0 Å². The van der Waals surface area contributed by atoms with Crippen LogP contribution >= 0.6 is 15.9 Å². The number of nitrogens with zero attached hydrogens (tertiary/aromatic N) is 2. The number of aromatic nitrogens is 2. The van der Waals surface area contributed by atoms with Crippen LogP contribution in [0.15, 0.2) is 53.0 Å². The third kappa shape index (κ3) is 4.19. The molecule has 0 saturated heterocycles. The number of ether oxygens (including phenoxy) is 1. The maximum absolute atomic E-state index is 13.3. The van der Waals surface area contributed by atoms with Crippen molar-refractivity contribution in [3.63, 3.8) is 0 Å². The molecule has 0 bridgehead atoms. The second-order valence-electron chi connectivity index (χ2n) is 8.99. The van der Waals surface area contributed by atoms with Gasteiger partial charge >= 0.3 is 0 Å². The lowest BCUT2D eigenvalue weighted by Crippen LogP contribution is -2.31. The normalized spacial score (nSPS) is 16.1. The molecular weight excluding hydrogens is 454 g/mol. The first-order valence-corrected chi connectivity index (χ1v) is 11.3. The van der Waals surface area contributed by atoms with Gasteiger partial charge in [0.05, 0.1) is 11.7 Å². The molecule has 2 aromatic carbocycles. The van der Waals surface area contributed by atoms with E-state index in [4.69, 9.17) is 4.74 Å². The van der Waals surface area contributed by atoms with Crippen molar-refractivity contribution < 1.29 is 9.53 Å². The summed E-state index contributed by atoms with van der Waals surface area (Å²) >= 11 is 3.49. The molecule has 3 aromatic rings. The first kappa shape index (κ1) is 21.8. The van der Waals surface area contributed by atoms with Crippen LogP contribution in [0.2, 0.25) is 0 Å². The van der Waals surface area contributed by atoms with Crippen LogP contribution in [0.1, 0.15) is 60.4 Å². The van der Waals surface area contributed by atoms with E-state index in [1.165, 1.54) is 5.56 Å². The molecule has 1 aliphatic rings. The number of hydrogen-bond acceptors (Lipinski definition) is 3. The first-order valence-electron chi connectivity index (χ1n) is 10.6. The Labute approximate surface area is 191 Å². The Kier molecular flexibility index (Phi) is 6.04. The number of carbonyl (C=O) groups is 1. The van der Waals surface area contributed by atoms with Crippen molar-refractivity contribution in [3.05, 3.63) is 75.4 Å². The summed E-state index contributed by atoms with van der Waals surface area (Å²) in [5, 5.41) is 7.56. The summed E-state index contributed by atoms with van der Waals surface area (Å²) in [5.74, 6) is -0.00753. The van der Waals surface area contributed by atoms with E-state index in [1.54, 1.807) is 7.11 Å². The summed E-state index contributed by atoms with van der Waals surface area (Å²) < 4.78 is 6.24. The zero-order valence-electron chi connectivity index (χ0n) is 18.4.